The molecule has 0 aliphatic carbocycles. The molecule has 0 amide bonds. The van der Waals surface area contributed by atoms with Crippen molar-refractivity contribution >= 4 is 37.1 Å². The molecule has 0 fully saturated rings. The molecule has 0 radical (unpaired) electrons. The number of hydrogen-bond donors (Lipinski definition) is 2. The summed E-state index contributed by atoms with van der Waals surface area (Å²) in [6, 6.07) is 15.8. The van der Waals surface area contributed by atoms with E-state index in [0.717, 1.165) is 11.1 Å². The van der Waals surface area contributed by atoms with E-state index in [0.29, 0.717) is 3.71 Å². The molecule has 9 heteroatoms. The molecule has 4 N–H and O–H groups in total. The van der Waals surface area contributed by atoms with Gasteiger partial charge in [-0.15, -0.1) is 0 Å². The second-order valence-corrected chi connectivity index (χ2v) is 10.5. The Balaban J connectivity index is 2.31. The monoisotopic (exact) mass is 431 g/mol. The number of aryl methyl sites for hydroxylation is 2. The van der Waals surface area contributed by atoms with Crippen LogP contribution >= 0.6 is 0 Å². The van der Waals surface area contributed by atoms with Crippen LogP contribution in [0.1, 0.15) is 11.1 Å². The van der Waals surface area contributed by atoms with Crippen molar-refractivity contribution in [2.45, 2.75) is 23.6 Å². The Hall–Kier alpha value is -3.04. The molecular weight excluding hydrogens is 410 g/mol. The normalized spacial score (nSPS) is 11.9. The second kappa shape index (κ2) is 7.41. The standard InChI is InChI=1S/C20H21N3O4S2/c1-14-3-8-17(9-4-14)28(24,25)23(20-13-16(21)7-12-19(20)22)29(26,27)18-10-5-15(2)6-11-18/h3-13H,21-22H2,1-2H3. The number of nitrogen functional groups attached to an aromatic ring is 2. The van der Waals surface area contributed by atoms with E-state index in [9.17, 15) is 16.8 Å². The Labute approximate surface area is 170 Å². The zero-order valence-corrected chi connectivity index (χ0v) is 17.5. The van der Waals surface area contributed by atoms with E-state index >= 15 is 0 Å². The molecule has 29 heavy (non-hydrogen) atoms. The highest BCUT2D eigenvalue weighted by Gasteiger charge is 2.38. The number of anilines is 3. The first kappa shape index (κ1) is 20.7. The fourth-order valence-electron chi connectivity index (χ4n) is 2.72. The van der Waals surface area contributed by atoms with Crippen molar-refractivity contribution < 1.29 is 16.8 Å². The van der Waals surface area contributed by atoms with Crippen LogP contribution in [0.15, 0.2) is 76.5 Å². The molecule has 0 saturated carbocycles. The van der Waals surface area contributed by atoms with Crippen LogP contribution in [-0.4, -0.2) is 16.8 Å². The quantitative estimate of drug-likeness (QED) is 0.599. The first-order valence-electron chi connectivity index (χ1n) is 8.62. The van der Waals surface area contributed by atoms with Crippen molar-refractivity contribution in [3.63, 3.8) is 0 Å². The molecule has 0 aliphatic rings. The van der Waals surface area contributed by atoms with E-state index in [1.807, 2.05) is 0 Å². The molecule has 0 aromatic heterocycles. The SMILES string of the molecule is Cc1ccc(S(=O)(=O)N(c2cc(N)ccc2N)S(=O)(=O)c2ccc(C)cc2)cc1. The topological polar surface area (TPSA) is 124 Å². The summed E-state index contributed by atoms with van der Waals surface area (Å²) in [6.45, 7) is 3.60. The van der Waals surface area contributed by atoms with Gasteiger partial charge < -0.3 is 11.5 Å². The smallest absolute Gasteiger partial charge is 0.277 e. The van der Waals surface area contributed by atoms with Gasteiger partial charge in [-0.25, -0.2) is 16.8 Å². The molecule has 3 aromatic carbocycles. The third kappa shape index (κ3) is 3.92. The fourth-order valence-corrected chi connectivity index (χ4v) is 6.45. The lowest BCUT2D eigenvalue weighted by atomic mass is 10.2. The lowest BCUT2D eigenvalue weighted by Crippen LogP contribution is -2.37. The van der Waals surface area contributed by atoms with Gasteiger partial charge >= 0.3 is 0 Å². The summed E-state index contributed by atoms with van der Waals surface area (Å²) in [5, 5.41) is 0. The first-order valence-corrected chi connectivity index (χ1v) is 11.5. The molecule has 3 aromatic rings. The average Bonchev–Trinajstić information content (AvgIpc) is 2.65. The number of rotatable bonds is 5. The maximum atomic E-state index is 13.4. The van der Waals surface area contributed by atoms with Gasteiger partial charge in [0.05, 0.1) is 21.2 Å². The van der Waals surface area contributed by atoms with Gasteiger partial charge in [0.2, 0.25) is 0 Å². The average molecular weight is 432 g/mol. The van der Waals surface area contributed by atoms with E-state index in [-0.39, 0.29) is 26.9 Å². The molecule has 0 spiro atoms. The Kier molecular flexibility index (Phi) is 5.29. The van der Waals surface area contributed by atoms with Crippen LogP contribution < -0.4 is 15.2 Å². The van der Waals surface area contributed by atoms with Crippen molar-refractivity contribution in [1.29, 1.82) is 0 Å². The van der Waals surface area contributed by atoms with Crippen molar-refractivity contribution in [2.24, 2.45) is 0 Å². The van der Waals surface area contributed by atoms with Crippen molar-refractivity contribution in [2.75, 3.05) is 15.2 Å². The van der Waals surface area contributed by atoms with Crippen LogP contribution in [-0.2, 0) is 20.0 Å². The van der Waals surface area contributed by atoms with Crippen LogP contribution in [0, 0.1) is 13.8 Å². The van der Waals surface area contributed by atoms with Crippen LogP contribution in [0.5, 0.6) is 0 Å². The lowest BCUT2D eigenvalue weighted by Gasteiger charge is -2.25. The molecule has 0 aliphatic heterocycles. The number of nitrogens with zero attached hydrogens (tertiary/aromatic N) is 1. The number of benzene rings is 3. The van der Waals surface area contributed by atoms with Crippen molar-refractivity contribution in [1.82, 2.24) is 0 Å². The summed E-state index contributed by atoms with van der Waals surface area (Å²) in [5.41, 5.74) is 13.3. The third-order valence-electron chi connectivity index (χ3n) is 4.33. The van der Waals surface area contributed by atoms with Crippen LogP contribution in [0.25, 0.3) is 0 Å². The number of hydrogen-bond acceptors (Lipinski definition) is 6. The summed E-state index contributed by atoms with van der Waals surface area (Å²) in [7, 11) is -9.03. The molecule has 3 rings (SSSR count). The Morgan fingerprint density at radius 2 is 1.07 bits per heavy atom. The van der Waals surface area contributed by atoms with Crippen molar-refractivity contribution in [3.05, 3.63) is 77.9 Å². The van der Waals surface area contributed by atoms with Gasteiger partial charge in [0, 0.05) is 5.69 Å². The lowest BCUT2D eigenvalue weighted by molar-refractivity contribution is 0.584. The van der Waals surface area contributed by atoms with Crippen LogP contribution in [0.3, 0.4) is 0 Å². The van der Waals surface area contributed by atoms with Gasteiger partial charge in [0.25, 0.3) is 20.0 Å². The zero-order chi connectivity index (χ0) is 21.4. The highest BCUT2D eigenvalue weighted by molar-refractivity contribution is 8.10. The Morgan fingerprint density at radius 3 is 1.48 bits per heavy atom. The summed E-state index contributed by atoms with van der Waals surface area (Å²) in [4.78, 5) is -0.360. The summed E-state index contributed by atoms with van der Waals surface area (Å²) >= 11 is 0. The minimum atomic E-state index is -4.52. The van der Waals surface area contributed by atoms with Gasteiger partial charge in [0.15, 0.2) is 0 Å². The molecule has 152 valence electrons. The predicted octanol–water partition coefficient (Wildman–Crippen LogP) is 3.05. The van der Waals surface area contributed by atoms with Gasteiger partial charge in [-0.05, 0) is 56.3 Å². The number of nitrogens with two attached hydrogens (primary N) is 2. The maximum absolute atomic E-state index is 13.4. The minimum absolute atomic E-state index is 0.0365. The molecule has 0 saturated heterocycles. The van der Waals surface area contributed by atoms with Crippen LogP contribution in [0.4, 0.5) is 17.1 Å². The zero-order valence-electron chi connectivity index (χ0n) is 15.9. The number of sulfonamides is 2. The molecule has 0 atom stereocenters. The van der Waals surface area contributed by atoms with Gasteiger partial charge in [-0.1, -0.05) is 35.4 Å². The van der Waals surface area contributed by atoms with E-state index in [1.165, 1.54) is 42.5 Å². The Bertz CT molecular complexity index is 1180. The van der Waals surface area contributed by atoms with Crippen molar-refractivity contribution in [3.8, 4) is 0 Å². The molecule has 0 bridgehead atoms. The fraction of sp³-hybridized carbons (Fsp3) is 0.100. The molecule has 0 heterocycles. The van der Waals surface area contributed by atoms with Gasteiger partial charge in [0.1, 0.15) is 0 Å². The summed E-state index contributed by atoms with van der Waals surface area (Å²) in [5.74, 6) is 0. The molecule has 0 unspecified atom stereocenters. The largest absolute Gasteiger partial charge is 0.399 e. The predicted molar refractivity (Wildman–Crippen MR) is 114 cm³/mol. The van der Waals surface area contributed by atoms with Crippen LogP contribution in [0.2, 0.25) is 0 Å². The van der Waals surface area contributed by atoms with E-state index in [4.69, 9.17) is 11.5 Å². The minimum Gasteiger partial charge on any atom is -0.399 e. The molecule has 7 nitrogen and oxygen atoms in total. The van der Waals surface area contributed by atoms with E-state index < -0.39 is 20.0 Å². The summed E-state index contributed by atoms with van der Waals surface area (Å²) < 4.78 is 54.1. The van der Waals surface area contributed by atoms with Gasteiger partial charge in [-0.2, -0.15) is 3.71 Å². The first-order chi connectivity index (χ1) is 13.5. The highest BCUT2D eigenvalue weighted by atomic mass is 32.3. The highest BCUT2D eigenvalue weighted by Crippen LogP contribution is 2.35. The third-order valence-corrected chi connectivity index (χ3v) is 8.51. The van der Waals surface area contributed by atoms with E-state index in [1.54, 1.807) is 38.1 Å². The Morgan fingerprint density at radius 1 is 0.655 bits per heavy atom. The second-order valence-electron chi connectivity index (χ2n) is 6.65. The summed E-state index contributed by atoms with van der Waals surface area (Å²) in [6.07, 6.45) is 0. The van der Waals surface area contributed by atoms with E-state index in [2.05, 4.69) is 0 Å². The maximum Gasteiger partial charge on any atom is 0.277 e. The van der Waals surface area contributed by atoms with Gasteiger partial charge in [-0.3, -0.25) is 0 Å². The molecular formula is C20H21N3O4S2.